The summed E-state index contributed by atoms with van der Waals surface area (Å²) in [5, 5.41) is 11.6. The van der Waals surface area contributed by atoms with Crippen molar-refractivity contribution in [1.29, 1.82) is 0 Å². The lowest BCUT2D eigenvalue weighted by molar-refractivity contribution is 0.208. The maximum absolute atomic E-state index is 10.5. The fourth-order valence-corrected chi connectivity index (χ4v) is 2.37. The molecular formula is C15H17N3O. The molecule has 2 N–H and O–H groups in total. The zero-order chi connectivity index (χ0) is 13.4. The van der Waals surface area contributed by atoms with Gasteiger partial charge in [0.2, 0.25) is 0 Å². The Bertz CT molecular complexity index is 696. The number of hydrogen-bond donors (Lipinski definition) is 2. The van der Waals surface area contributed by atoms with Gasteiger partial charge in [0, 0.05) is 17.8 Å². The van der Waals surface area contributed by atoms with E-state index in [9.17, 15) is 5.11 Å². The molecule has 0 aliphatic carbocycles. The lowest BCUT2D eigenvalue weighted by atomic mass is 10.0. The van der Waals surface area contributed by atoms with Crippen LogP contribution in [0.1, 0.15) is 37.3 Å². The van der Waals surface area contributed by atoms with Gasteiger partial charge >= 0.3 is 0 Å². The van der Waals surface area contributed by atoms with Crippen molar-refractivity contribution >= 4 is 10.9 Å². The van der Waals surface area contributed by atoms with Crippen LogP contribution in [0.4, 0.5) is 0 Å². The molecule has 98 valence electrons. The average molecular weight is 255 g/mol. The normalized spacial score (nSPS) is 13.3. The van der Waals surface area contributed by atoms with Gasteiger partial charge in [-0.05, 0) is 43.0 Å². The Hall–Kier alpha value is -2.07. The number of H-pyrrole nitrogens is 1. The number of nitrogens with one attached hydrogen (secondary N) is 1. The van der Waals surface area contributed by atoms with Crippen LogP contribution in [-0.4, -0.2) is 19.6 Å². The Morgan fingerprint density at radius 1 is 1.26 bits per heavy atom. The fraction of sp³-hybridized carbons (Fsp3) is 0.267. The van der Waals surface area contributed by atoms with E-state index in [1.54, 1.807) is 12.5 Å². The van der Waals surface area contributed by atoms with Gasteiger partial charge in [0.15, 0.2) is 0 Å². The number of aliphatic hydroxyl groups is 1. The lowest BCUT2D eigenvalue weighted by Gasteiger charge is -2.16. The van der Waals surface area contributed by atoms with Gasteiger partial charge in [-0.2, -0.15) is 0 Å². The summed E-state index contributed by atoms with van der Waals surface area (Å²) in [7, 11) is 0. The van der Waals surface area contributed by atoms with E-state index in [-0.39, 0.29) is 6.04 Å². The molecule has 1 atom stereocenters. The third-order valence-electron chi connectivity index (χ3n) is 3.43. The summed E-state index contributed by atoms with van der Waals surface area (Å²) in [5.74, 6) is 0. The largest absolute Gasteiger partial charge is 0.382 e. The van der Waals surface area contributed by atoms with Crippen LogP contribution in [0.3, 0.4) is 0 Å². The maximum atomic E-state index is 10.5. The Morgan fingerprint density at radius 2 is 2.11 bits per heavy atom. The monoisotopic (exact) mass is 255 g/mol. The van der Waals surface area contributed by atoms with Gasteiger partial charge < -0.3 is 14.7 Å². The molecule has 0 aliphatic heterocycles. The van der Waals surface area contributed by atoms with Crippen molar-refractivity contribution in [2.75, 3.05) is 0 Å². The van der Waals surface area contributed by atoms with Gasteiger partial charge in [-0.1, -0.05) is 6.07 Å². The number of fused-ring (bicyclic) bond motifs is 1. The highest BCUT2D eigenvalue weighted by molar-refractivity contribution is 5.80. The van der Waals surface area contributed by atoms with Gasteiger partial charge in [-0.3, -0.25) is 0 Å². The number of aromatic amines is 1. The first kappa shape index (κ1) is 12.0. The molecule has 1 aromatic carbocycles. The molecule has 0 saturated carbocycles. The molecule has 0 radical (unpaired) electrons. The minimum atomic E-state index is -0.649. The van der Waals surface area contributed by atoms with Crippen molar-refractivity contribution in [3.05, 3.63) is 54.2 Å². The van der Waals surface area contributed by atoms with E-state index in [1.807, 2.05) is 35.0 Å². The molecule has 0 amide bonds. The summed E-state index contributed by atoms with van der Waals surface area (Å²) >= 11 is 0. The van der Waals surface area contributed by atoms with Crippen LogP contribution < -0.4 is 0 Å². The van der Waals surface area contributed by atoms with E-state index in [0.717, 1.165) is 22.2 Å². The Balaban J connectivity index is 2.02. The van der Waals surface area contributed by atoms with Gasteiger partial charge in [0.05, 0.1) is 18.2 Å². The number of imidazole rings is 1. The second-order valence-corrected chi connectivity index (χ2v) is 5.05. The molecule has 0 fully saturated rings. The summed E-state index contributed by atoms with van der Waals surface area (Å²) < 4.78 is 1.99. The second kappa shape index (κ2) is 4.55. The standard InChI is InChI=1S/C15H17N3O/c1-10(2)18-9-16-8-14(18)15(19)12-3-4-13-11(7-12)5-6-17-13/h3-10,15,17,19H,1-2H3. The molecule has 1 unspecified atom stereocenters. The Labute approximate surface area is 111 Å². The highest BCUT2D eigenvalue weighted by atomic mass is 16.3. The topological polar surface area (TPSA) is 53.8 Å². The number of aromatic nitrogens is 3. The van der Waals surface area contributed by atoms with Gasteiger partial charge in [0.25, 0.3) is 0 Å². The van der Waals surface area contributed by atoms with Crippen molar-refractivity contribution in [3.63, 3.8) is 0 Å². The van der Waals surface area contributed by atoms with Gasteiger partial charge in [-0.15, -0.1) is 0 Å². The molecule has 4 nitrogen and oxygen atoms in total. The smallest absolute Gasteiger partial charge is 0.121 e. The molecule has 0 aliphatic rings. The maximum Gasteiger partial charge on any atom is 0.121 e. The first-order valence-corrected chi connectivity index (χ1v) is 6.43. The summed E-state index contributed by atoms with van der Waals surface area (Å²) in [6.45, 7) is 4.15. The zero-order valence-electron chi connectivity index (χ0n) is 11.0. The molecule has 0 bridgehead atoms. The molecule has 4 heteroatoms. The highest BCUT2D eigenvalue weighted by Crippen LogP contribution is 2.26. The Morgan fingerprint density at radius 3 is 2.89 bits per heavy atom. The second-order valence-electron chi connectivity index (χ2n) is 5.05. The third-order valence-corrected chi connectivity index (χ3v) is 3.43. The van der Waals surface area contributed by atoms with Crippen molar-refractivity contribution in [2.45, 2.75) is 26.0 Å². The van der Waals surface area contributed by atoms with Gasteiger partial charge in [0.1, 0.15) is 6.10 Å². The van der Waals surface area contributed by atoms with Crippen LogP contribution in [0.15, 0.2) is 43.0 Å². The van der Waals surface area contributed by atoms with Crippen LogP contribution in [-0.2, 0) is 0 Å². The number of nitrogens with zero attached hydrogens (tertiary/aromatic N) is 2. The zero-order valence-corrected chi connectivity index (χ0v) is 11.0. The predicted molar refractivity (Wildman–Crippen MR) is 75.0 cm³/mol. The fourth-order valence-electron chi connectivity index (χ4n) is 2.37. The van der Waals surface area contributed by atoms with Crippen LogP contribution >= 0.6 is 0 Å². The molecule has 0 spiro atoms. The number of aliphatic hydroxyl groups excluding tert-OH is 1. The van der Waals surface area contributed by atoms with E-state index in [1.165, 1.54) is 0 Å². The number of benzene rings is 1. The highest BCUT2D eigenvalue weighted by Gasteiger charge is 2.16. The molecule has 3 rings (SSSR count). The van der Waals surface area contributed by atoms with Crippen LogP contribution in [0.5, 0.6) is 0 Å². The third kappa shape index (κ3) is 2.04. The first-order chi connectivity index (χ1) is 9.16. The molecule has 0 saturated heterocycles. The summed E-state index contributed by atoms with van der Waals surface area (Å²) in [5.41, 5.74) is 2.78. The van der Waals surface area contributed by atoms with Crippen LogP contribution in [0.2, 0.25) is 0 Å². The lowest BCUT2D eigenvalue weighted by Crippen LogP contribution is -2.09. The molecule has 19 heavy (non-hydrogen) atoms. The first-order valence-electron chi connectivity index (χ1n) is 6.43. The Kier molecular flexibility index (Phi) is 2.87. The van der Waals surface area contributed by atoms with Crippen molar-refractivity contribution in [3.8, 4) is 0 Å². The van der Waals surface area contributed by atoms with Crippen LogP contribution in [0, 0.1) is 0 Å². The molecule has 2 heterocycles. The van der Waals surface area contributed by atoms with Crippen molar-refractivity contribution in [2.24, 2.45) is 0 Å². The minimum Gasteiger partial charge on any atom is -0.382 e. The summed E-state index contributed by atoms with van der Waals surface area (Å²) in [6.07, 6.45) is 4.74. The van der Waals surface area contributed by atoms with Gasteiger partial charge in [-0.25, -0.2) is 4.98 Å². The number of rotatable bonds is 3. The molecular weight excluding hydrogens is 238 g/mol. The summed E-state index contributed by atoms with van der Waals surface area (Å²) in [4.78, 5) is 7.29. The van der Waals surface area contributed by atoms with E-state index in [2.05, 4.69) is 23.8 Å². The number of hydrogen-bond acceptors (Lipinski definition) is 2. The van der Waals surface area contributed by atoms with E-state index >= 15 is 0 Å². The molecule has 3 aromatic rings. The predicted octanol–water partition coefficient (Wildman–Crippen LogP) is 3.03. The van der Waals surface area contributed by atoms with E-state index < -0.39 is 6.10 Å². The average Bonchev–Trinajstić information content (AvgIpc) is 3.05. The quantitative estimate of drug-likeness (QED) is 0.755. The minimum absolute atomic E-state index is 0.281. The summed E-state index contributed by atoms with van der Waals surface area (Å²) in [6, 6.07) is 8.23. The SMILES string of the molecule is CC(C)n1cncc1C(O)c1ccc2[nH]ccc2c1. The van der Waals surface area contributed by atoms with Crippen molar-refractivity contribution in [1.82, 2.24) is 14.5 Å². The van der Waals surface area contributed by atoms with E-state index in [4.69, 9.17) is 0 Å². The van der Waals surface area contributed by atoms with Crippen molar-refractivity contribution < 1.29 is 5.11 Å². The molecule has 2 aromatic heterocycles. The van der Waals surface area contributed by atoms with E-state index in [0.29, 0.717) is 0 Å². The van der Waals surface area contributed by atoms with Crippen LogP contribution in [0.25, 0.3) is 10.9 Å².